The SMILES string of the molecule is CC1(C)CC(=O)C2=C(C1)N(c1c(F)cccc1Cl)C(N)=C(C#N)C2c1ccc([N+](=O)[O-])cc1. The zero-order chi connectivity index (χ0) is 24.1. The number of allylic oxidation sites excluding steroid dienone is 3. The number of rotatable bonds is 3. The Balaban J connectivity index is 2.01. The molecule has 1 heterocycles. The molecule has 0 radical (unpaired) electrons. The molecule has 0 fully saturated rings. The van der Waals surface area contributed by atoms with Crippen LogP contribution in [0.2, 0.25) is 5.02 Å². The number of ketones is 1. The molecule has 168 valence electrons. The van der Waals surface area contributed by atoms with Crippen LogP contribution in [-0.2, 0) is 4.79 Å². The Labute approximate surface area is 194 Å². The lowest BCUT2D eigenvalue weighted by Gasteiger charge is -2.44. The van der Waals surface area contributed by atoms with Gasteiger partial charge in [-0.3, -0.25) is 19.8 Å². The lowest BCUT2D eigenvalue weighted by atomic mass is 9.68. The van der Waals surface area contributed by atoms with Crippen LogP contribution in [0.5, 0.6) is 0 Å². The third-order valence-corrected chi connectivity index (χ3v) is 6.28. The van der Waals surface area contributed by atoms with Crippen molar-refractivity contribution in [2.75, 3.05) is 4.90 Å². The number of nitrogens with zero attached hydrogens (tertiary/aromatic N) is 3. The number of nitriles is 1. The maximum Gasteiger partial charge on any atom is 0.269 e. The summed E-state index contributed by atoms with van der Waals surface area (Å²) in [6, 6.07) is 11.9. The molecular formula is C24H20ClFN4O3. The average molecular weight is 467 g/mol. The maximum absolute atomic E-state index is 15.0. The molecule has 0 saturated carbocycles. The predicted octanol–water partition coefficient (Wildman–Crippen LogP) is 5.33. The van der Waals surface area contributed by atoms with Gasteiger partial charge >= 0.3 is 0 Å². The van der Waals surface area contributed by atoms with Crippen molar-refractivity contribution in [2.45, 2.75) is 32.6 Å². The second-order valence-electron chi connectivity index (χ2n) is 8.90. The number of anilines is 1. The molecule has 33 heavy (non-hydrogen) atoms. The Bertz CT molecular complexity index is 1270. The van der Waals surface area contributed by atoms with E-state index in [1.54, 1.807) is 0 Å². The van der Waals surface area contributed by atoms with Crippen molar-refractivity contribution >= 4 is 28.8 Å². The van der Waals surface area contributed by atoms with E-state index in [1.165, 1.54) is 47.4 Å². The van der Waals surface area contributed by atoms with Crippen molar-refractivity contribution in [1.82, 2.24) is 0 Å². The van der Waals surface area contributed by atoms with Crippen LogP contribution in [0.1, 0.15) is 38.2 Å². The second kappa shape index (κ2) is 8.01. The molecule has 0 amide bonds. The third kappa shape index (κ3) is 3.74. The highest BCUT2D eigenvalue weighted by atomic mass is 35.5. The van der Waals surface area contributed by atoms with Crippen LogP contribution in [0, 0.1) is 32.7 Å². The van der Waals surface area contributed by atoms with Gasteiger partial charge in [0.25, 0.3) is 5.69 Å². The van der Waals surface area contributed by atoms with Crippen molar-refractivity contribution < 1.29 is 14.1 Å². The first-order valence-corrected chi connectivity index (χ1v) is 10.6. The Morgan fingerprint density at radius 3 is 2.48 bits per heavy atom. The molecule has 1 aliphatic heterocycles. The molecule has 4 rings (SSSR count). The molecule has 9 heteroatoms. The molecule has 2 aromatic rings. The number of carbonyl (C=O) groups is 1. The van der Waals surface area contributed by atoms with E-state index < -0.39 is 22.1 Å². The number of halogens is 2. The number of hydrogen-bond acceptors (Lipinski definition) is 6. The summed E-state index contributed by atoms with van der Waals surface area (Å²) >= 11 is 6.34. The molecule has 1 atom stereocenters. The third-order valence-electron chi connectivity index (χ3n) is 5.98. The fourth-order valence-corrected chi connectivity index (χ4v) is 4.84. The number of hydrogen-bond donors (Lipinski definition) is 1. The summed E-state index contributed by atoms with van der Waals surface area (Å²) in [5, 5.41) is 21.2. The van der Waals surface area contributed by atoms with Crippen LogP contribution < -0.4 is 10.6 Å². The number of carbonyl (C=O) groups excluding carboxylic acids is 1. The van der Waals surface area contributed by atoms with Gasteiger partial charge in [-0.15, -0.1) is 0 Å². The van der Waals surface area contributed by atoms with E-state index >= 15 is 0 Å². The minimum Gasteiger partial charge on any atom is -0.384 e. The summed E-state index contributed by atoms with van der Waals surface area (Å²) in [6.45, 7) is 3.85. The number of para-hydroxylation sites is 1. The number of nitro groups is 1. The number of nitro benzene ring substituents is 1. The molecule has 0 bridgehead atoms. The van der Waals surface area contributed by atoms with Gasteiger partial charge < -0.3 is 5.73 Å². The summed E-state index contributed by atoms with van der Waals surface area (Å²) in [5.74, 6) is -1.69. The van der Waals surface area contributed by atoms with Crippen LogP contribution in [0.4, 0.5) is 15.8 Å². The average Bonchev–Trinajstić information content (AvgIpc) is 2.74. The number of non-ortho nitro benzene ring substituents is 1. The van der Waals surface area contributed by atoms with Crippen molar-refractivity contribution in [1.29, 1.82) is 5.26 Å². The zero-order valence-electron chi connectivity index (χ0n) is 17.9. The quantitative estimate of drug-likeness (QED) is 0.483. The lowest BCUT2D eigenvalue weighted by molar-refractivity contribution is -0.384. The first-order valence-electron chi connectivity index (χ1n) is 10.2. The minimum atomic E-state index is -0.823. The Hall–Kier alpha value is -3.70. The highest BCUT2D eigenvalue weighted by Gasteiger charge is 2.45. The molecule has 1 unspecified atom stereocenters. The van der Waals surface area contributed by atoms with E-state index in [1.807, 2.05) is 13.8 Å². The predicted molar refractivity (Wildman–Crippen MR) is 122 cm³/mol. The minimum absolute atomic E-state index is 0.0235. The van der Waals surface area contributed by atoms with Crippen molar-refractivity contribution in [3.05, 3.63) is 91.6 Å². The van der Waals surface area contributed by atoms with Crippen LogP contribution in [-0.4, -0.2) is 10.7 Å². The fourth-order valence-electron chi connectivity index (χ4n) is 4.59. The molecule has 0 aromatic heterocycles. The lowest BCUT2D eigenvalue weighted by Crippen LogP contribution is -2.42. The van der Waals surface area contributed by atoms with Gasteiger partial charge in [0.1, 0.15) is 17.3 Å². The van der Waals surface area contributed by atoms with Gasteiger partial charge in [0, 0.05) is 29.8 Å². The van der Waals surface area contributed by atoms with Crippen molar-refractivity contribution in [2.24, 2.45) is 11.1 Å². The van der Waals surface area contributed by atoms with E-state index in [-0.39, 0.29) is 40.0 Å². The Kier molecular flexibility index (Phi) is 5.46. The van der Waals surface area contributed by atoms with Crippen LogP contribution in [0.15, 0.2) is 65.1 Å². The zero-order valence-corrected chi connectivity index (χ0v) is 18.7. The smallest absolute Gasteiger partial charge is 0.269 e. The molecule has 1 aliphatic carbocycles. The van der Waals surface area contributed by atoms with Crippen LogP contribution >= 0.6 is 11.6 Å². The topological polar surface area (TPSA) is 113 Å². The Morgan fingerprint density at radius 1 is 1.24 bits per heavy atom. The Morgan fingerprint density at radius 2 is 1.91 bits per heavy atom. The van der Waals surface area contributed by atoms with Gasteiger partial charge in [-0.05, 0) is 29.5 Å². The number of benzene rings is 2. The van der Waals surface area contributed by atoms with Gasteiger partial charge in [-0.25, -0.2) is 4.39 Å². The van der Waals surface area contributed by atoms with E-state index in [9.17, 15) is 24.6 Å². The van der Waals surface area contributed by atoms with Crippen molar-refractivity contribution in [3.63, 3.8) is 0 Å². The normalized spacial score (nSPS) is 19.9. The van der Waals surface area contributed by atoms with Gasteiger partial charge in [0.15, 0.2) is 5.78 Å². The highest BCUT2D eigenvalue weighted by Crippen LogP contribution is 2.51. The van der Waals surface area contributed by atoms with E-state index in [2.05, 4.69) is 6.07 Å². The van der Waals surface area contributed by atoms with Crippen LogP contribution in [0.25, 0.3) is 0 Å². The van der Waals surface area contributed by atoms with Gasteiger partial charge in [-0.1, -0.05) is 43.6 Å². The first kappa shape index (κ1) is 22.5. The van der Waals surface area contributed by atoms with E-state index in [4.69, 9.17) is 17.3 Å². The highest BCUT2D eigenvalue weighted by molar-refractivity contribution is 6.33. The summed E-state index contributed by atoms with van der Waals surface area (Å²) in [4.78, 5) is 25.4. The monoisotopic (exact) mass is 466 g/mol. The standard InChI is InChI=1S/C24H20ClFN4O3/c1-24(2)10-18-21(19(31)11-24)20(13-6-8-14(9-7-13)30(32)33)15(12-27)23(28)29(18)22-16(25)4-3-5-17(22)26/h3-9,20H,10-11,28H2,1-2H3. The summed E-state index contributed by atoms with van der Waals surface area (Å²) in [5.41, 5.74) is 7.25. The fraction of sp³-hybridized carbons (Fsp3) is 0.250. The van der Waals surface area contributed by atoms with Crippen LogP contribution in [0.3, 0.4) is 0 Å². The molecule has 2 N–H and O–H groups in total. The first-order chi connectivity index (χ1) is 15.6. The molecule has 7 nitrogen and oxygen atoms in total. The van der Waals surface area contributed by atoms with E-state index in [0.717, 1.165) is 0 Å². The molecule has 0 saturated heterocycles. The number of nitrogens with two attached hydrogens (primary N) is 1. The number of Topliss-reactive ketones (excluding diaryl/α,β-unsaturated/α-hetero) is 1. The van der Waals surface area contributed by atoms with Gasteiger partial charge in [0.05, 0.1) is 27.5 Å². The molecule has 2 aliphatic rings. The second-order valence-corrected chi connectivity index (χ2v) is 9.31. The molecular weight excluding hydrogens is 447 g/mol. The van der Waals surface area contributed by atoms with Gasteiger partial charge in [0.2, 0.25) is 0 Å². The van der Waals surface area contributed by atoms with Gasteiger partial charge in [-0.2, -0.15) is 5.26 Å². The molecule has 0 spiro atoms. The summed E-state index contributed by atoms with van der Waals surface area (Å²) < 4.78 is 15.0. The summed E-state index contributed by atoms with van der Waals surface area (Å²) in [6.07, 6.45) is 0.619. The summed E-state index contributed by atoms with van der Waals surface area (Å²) in [7, 11) is 0. The largest absolute Gasteiger partial charge is 0.384 e. The van der Waals surface area contributed by atoms with Crippen molar-refractivity contribution in [3.8, 4) is 6.07 Å². The maximum atomic E-state index is 15.0. The molecule has 2 aromatic carbocycles. The van der Waals surface area contributed by atoms with E-state index in [0.29, 0.717) is 23.3 Å².